The minimum atomic E-state index is 0.137. The van der Waals surface area contributed by atoms with E-state index in [-0.39, 0.29) is 17.9 Å². The summed E-state index contributed by atoms with van der Waals surface area (Å²) in [5.74, 6) is 1.88. The zero-order chi connectivity index (χ0) is 14.1. The van der Waals surface area contributed by atoms with E-state index in [0.717, 1.165) is 24.5 Å². The highest BCUT2D eigenvalue weighted by Gasteiger charge is 2.38. The number of carbonyl (C=O) groups is 1. The Balaban J connectivity index is 1.84. The molecule has 4 heteroatoms. The second-order valence-corrected chi connectivity index (χ2v) is 5.84. The highest BCUT2D eigenvalue weighted by molar-refractivity contribution is 5.96. The molecule has 1 aromatic carbocycles. The third-order valence-electron chi connectivity index (χ3n) is 4.43. The molecule has 1 saturated heterocycles. The van der Waals surface area contributed by atoms with E-state index in [0.29, 0.717) is 5.92 Å². The van der Waals surface area contributed by atoms with E-state index in [9.17, 15) is 4.79 Å². The van der Waals surface area contributed by atoms with Crippen molar-refractivity contribution < 1.29 is 9.53 Å². The van der Waals surface area contributed by atoms with Gasteiger partial charge in [-0.05, 0) is 49.9 Å². The molecule has 1 atom stereocenters. The van der Waals surface area contributed by atoms with E-state index in [1.807, 2.05) is 29.2 Å². The lowest BCUT2D eigenvalue weighted by Gasteiger charge is -2.36. The van der Waals surface area contributed by atoms with Gasteiger partial charge >= 0.3 is 0 Å². The lowest BCUT2D eigenvalue weighted by atomic mass is 9.99. The number of rotatable bonds is 5. The van der Waals surface area contributed by atoms with Crippen LogP contribution in [0.5, 0.6) is 5.75 Å². The molecule has 4 nitrogen and oxygen atoms in total. The molecule has 1 heterocycles. The van der Waals surface area contributed by atoms with Crippen molar-refractivity contribution in [3.8, 4) is 5.75 Å². The number of carbonyl (C=O) groups excluding carboxylic acids is 1. The molecule has 1 N–H and O–H groups in total. The molecule has 2 aliphatic rings. The van der Waals surface area contributed by atoms with Crippen LogP contribution in [0.25, 0.3) is 0 Å². The highest BCUT2D eigenvalue weighted by atomic mass is 16.5. The van der Waals surface area contributed by atoms with Crippen molar-refractivity contribution in [2.75, 3.05) is 25.1 Å². The van der Waals surface area contributed by atoms with Crippen molar-refractivity contribution >= 4 is 11.6 Å². The van der Waals surface area contributed by atoms with E-state index < -0.39 is 0 Å². The van der Waals surface area contributed by atoms with Crippen molar-refractivity contribution in [2.24, 2.45) is 11.8 Å². The number of benzene rings is 1. The Hall–Kier alpha value is -1.55. The molecule has 1 aromatic rings. The quantitative estimate of drug-likeness (QED) is 0.893. The number of ether oxygens (including phenoxy) is 1. The maximum absolute atomic E-state index is 12.7. The maximum Gasteiger partial charge on any atom is 0.232 e. The van der Waals surface area contributed by atoms with Crippen molar-refractivity contribution in [3.63, 3.8) is 0 Å². The van der Waals surface area contributed by atoms with Gasteiger partial charge in [-0.2, -0.15) is 0 Å². The molecular weight excluding hydrogens is 252 g/mol. The number of nitrogens with zero attached hydrogens (tertiary/aromatic N) is 1. The normalized spacial score (nSPS) is 20.1. The SMILES string of the molecule is COc1ccc(N(C(=O)C2CNC2)C(C)C2CC2)cc1. The Labute approximate surface area is 120 Å². The first-order chi connectivity index (χ1) is 9.70. The second kappa shape index (κ2) is 5.44. The average Bonchev–Trinajstić information content (AvgIpc) is 3.22. The Morgan fingerprint density at radius 2 is 1.95 bits per heavy atom. The van der Waals surface area contributed by atoms with E-state index in [1.165, 1.54) is 12.8 Å². The first kappa shape index (κ1) is 13.4. The maximum atomic E-state index is 12.7. The van der Waals surface area contributed by atoms with Crippen LogP contribution in [0.1, 0.15) is 19.8 Å². The lowest BCUT2D eigenvalue weighted by molar-refractivity contribution is -0.124. The average molecular weight is 274 g/mol. The third kappa shape index (κ3) is 2.52. The predicted molar refractivity (Wildman–Crippen MR) is 79.0 cm³/mol. The number of anilines is 1. The van der Waals surface area contributed by atoms with E-state index in [1.54, 1.807) is 7.11 Å². The van der Waals surface area contributed by atoms with Crippen LogP contribution in [0.15, 0.2) is 24.3 Å². The molecule has 2 fully saturated rings. The fraction of sp³-hybridized carbons (Fsp3) is 0.562. The van der Waals surface area contributed by atoms with Crippen molar-refractivity contribution in [1.29, 1.82) is 0 Å². The Kier molecular flexibility index (Phi) is 3.66. The van der Waals surface area contributed by atoms with Crippen LogP contribution in [0.3, 0.4) is 0 Å². The van der Waals surface area contributed by atoms with Gasteiger partial charge < -0.3 is 15.0 Å². The van der Waals surface area contributed by atoms with Crippen LogP contribution in [-0.4, -0.2) is 32.1 Å². The molecule has 1 unspecified atom stereocenters. The van der Waals surface area contributed by atoms with Gasteiger partial charge in [0.05, 0.1) is 13.0 Å². The third-order valence-corrected chi connectivity index (χ3v) is 4.43. The smallest absolute Gasteiger partial charge is 0.232 e. The highest BCUT2D eigenvalue weighted by Crippen LogP contribution is 2.38. The molecule has 1 aliphatic heterocycles. The molecule has 1 amide bonds. The van der Waals surface area contributed by atoms with Gasteiger partial charge in [0.1, 0.15) is 5.75 Å². The summed E-state index contributed by atoms with van der Waals surface area (Å²) in [6.07, 6.45) is 2.48. The van der Waals surface area contributed by atoms with E-state index in [4.69, 9.17) is 4.74 Å². The topological polar surface area (TPSA) is 41.6 Å². The molecule has 0 aromatic heterocycles. The molecule has 108 valence electrons. The molecule has 3 rings (SSSR count). The van der Waals surface area contributed by atoms with Crippen LogP contribution >= 0.6 is 0 Å². The predicted octanol–water partition coefficient (Wildman–Crippen LogP) is 2.05. The summed E-state index contributed by atoms with van der Waals surface area (Å²) < 4.78 is 5.20. The Morgan fingerprint density at radius 3 is 2.40 bits per heavy atom. The summed E-state index contributed by atoms with van der Waals surface area (Å²) >= 11 is 0. The summed E-state index contributed by atoms with van der Waals surface area (Å²) in [6, 6.07) is 8.11. The van der Waals surface area contributed by atoms with Crippen LogP contribution in [-0.2, 0) is 4.79 Å². The molecular formula is C16H22N2O2. The second-order valence-electron chi connectivity index (χ2n) is 5.84. The first-order valence-electron chi connectivity index (χ1n) is 7.38. The van der Waals surface area contributed by atoms with Crippen LogP contribution in [0.4, 0.5) is 5.69 Å². The molecule has 1 saturated carbocycles. The summed E-state index contributed by atoms with van der Waals surface area (Å²) in [7, 11) is 1.66. The molecule has 0 radical (unpaired) electrons. The van der Waals surface area contributed by atoms with E-state index in [2.05, 4.69) is 12.2 Å². The zero-order valence-corrected chi connectivity index (χ0v) is 12.1. The fourth-order valence-electron chi connectivity index (χ4n) is 2.76. The minimum Gasteiger partial charge on any atom is -0.497 e. The lowest BCUT2D eigenvalue weighted by Crippen LogP contribution is -2.54. The van der Waals surface area contributed by atoms with Gasteiger partial charge in [0.2, 0.25) is 5.91 Å². The number of hydrogen-bond acceptors (Lipinski definition) is 3. The number of nitrogens with one attached hydrogen (secondary N) is 1. The van der Waals surface area contributed by atoms with Crippen LogP contribution in [0, 0.1) is 11.8 Å². The molecule has 1 aliphatic carbocycles. The van der Waals surface area contributed by atoms with Gasteiger partial charge in [0.25, 0.3) is 0 Å². The van der Waals surface area contributed by atoms with Gasteiger partial charge in [-0.3, -0.25) is 4.79 Å². The summed E-state index contributed by atoms with van der Waals surface area (Å²) in [4.78, 5) is 14.7. The molecule has 0 bridgehead atoms. The number of amides is 1. The van der Waals surface area contributed by atoms with Crippen molar-refractivity contribution in [3.05, 3.63) is 24.3 Å². The monoisotopic (exact) mass is 274 g/mol. The zero-order valence-electron chi connectivity index (χ0n) is 12.1. The van der Waals surface area contributed by atoms with Crippen LogP contribution < -0.4 is 15.0 Å². The van der Waals surface area contributed by atoms with Gasteiger partial charge in [0, 0.05) is 24.8 Å². The summed E-state index contributed by atoms with van der Waals surface area (Å²) in [5.41, 5.74) is 0.988. The van der Waals surface area contributed by atoms with Gasteiger partial charge in [-0.25, -0.2) is 0 Å². The Bertz CT molecular complexity index is 478. The first-order valence-corrected chi connectivity index (χ1v) is 7.38. The van der Waals surface area contributed by atoms with E-state index >= 15 is 0 Å². The van der Waals surface area contributed by atoms with Crippen molar-refractivity contribution in [2.45, 2.75) is 25.8 Å². The number of methoxy groups -OCH3 is 1. The fourth-order valence-corrected chi connectivity index (χ4v) is 2.76. The van der Waals surface area contributed by atoms with Gasteiger partial charge in [-0.1, -0.05) is 0 Å². The van der Waals surface area contributed by atoms with Crippen LogP contribution in [0.2, 0.25) is 0 Å². The molecule has 20 heavy (non-hydrogen) atoms. The summed E-state index contributed by atoms with van der Waals surface area (Å²) in [6.45, 7) is 3.79. The summed E-state index contributed by atoms with van der Waals surface area (Å²) in [5, 5.41) is 3.18. The Morgan fingerprint density at radius 1 is 1.30 bits per heavy atom. The van der Waals surface area contributed by atoms with Crippen molar-refractivity contribution in [1.82, 2.24) is 5.32 Å². The van der Waals surface area contributed by atoms with Gasteiger partial charge in [-0.15, -0.1) is 0 Å². The number of hydrogen-bond donors (Lipinski definition) is 1. The standard InChI is InChI=1S/C16H22N2O2/c1-11(12-3-4-12)18(16(19)13-9-17-10-13)14-5-7-15(20-2)8-6-14/h5-8,11-13,17H,3-4,9-10H2,1-2H3. The van der Waals surface area contributed by atoms with Gasteiger partial charge in [0.15, 0.2) is 0 Å². The molecule has 0 spiro atoms. The largest absolute Gasteiger partial charge is 0.497 e. The minimum absolute atomic E-state index is 0.137.